The van der Waals surface area contributed by atoms with Gasteiger partial charge < -0.3 is 14.4 Å². The Morgan fingerprint density at radius 1 is 1.17 bits per heavy atom. The first kappa shape index (κ1) is 17.5. The molecule has 0 aliphatic carbocycles. The molecule has 8 heteroatoms. The molecule has 2 aromatic carbocycles. The Hall–Kier alpha value is -3.55. The topological polar surface area (TPSA) is 75.0 Å². The average molecular weight is 394 g/mol. The Bertz CT molecular complexity index is 1220. The molecule has 2 aromatic heterocycles. The quantitative estimate of drug-likeness (QED) is 0.568. The number of halogens is 2. The van der Waals surface area contributed by atoms with Crippen LogP contribution in [0.2, 0.25) is 0 Å². The van der Waals surface area contributed by atoms with Crippen molar-refractivity contribution < 1.29 is 18.1 Å². The van der Waals surface area contributed by atoms with Gasteiger partial charge in [-0.05, 0) is 29.7 Å². The Balaban J connectivity index is 1.33. The van der Waals surface area contributed by atoms with E-state index in [4.69, 9.17) is 4.52 Å². The summed E-state index contributed by atoms with van der Waals surface area (Å²) >= 11 is 0. The van der Waals surface area contributed by atoms with Gasteiger partial charge in [-0.25, -0.2) is 8.78 Å². The summed E-state index contributed by atoms with van der Waals surface area (Å²) in [5.41, 5.74) is 2.02. The lowest BCUT2D eigenvalue weighted by atomic mass is 10.1. The molecule has 146 valence electrons. The summed E-state index contributed by atoms with van der Waals surface area (Å²) in [6, 6.07) is 11.1. The van der Waals surface area contributed by atoms with Gasteiger partial charge in [0.25, 0.3) is 5.89 Å². The van der Waals surface area contributed by atoms with Gasteiger partial charge in [0, 0.05) is 54.3 Å². The Morgan fingerprint density at radius 2 is 2.07 bits per heavy atom. The molecule has 0 saturated carbocycles. The van der Waals surface area contributed by atoms with E-state index < -0.39 is 11.6 Å². The molecule has 0 radical (unpaired) electrons. The number of aromatic nitrogens is 3. The minimum absolute atomic E-state index is 0.0790. The second-order valence-corrected chi connectivity index (χ2v) is 7.15. The standard InChI is InChI=1S/C21H16F2N4O2/c22-16-4-3-14(17(23)9-16)10-27-11-15(8-19(27)28)20-25-21(29-26-20)13-2-1-12-5-6-24-18(12)7-13/h1-7,9,15,24H,8,10-11H2. The van der Waals surface area contributed by atoms with E-state index >= 15 is 0 Å². The fraction of sp³-hybridized carbons (Fsp3) is 0.190. The molecule has 1 amide bonds. The van der Waals surface area contributed by atoms with Crippen LogP contribution >= 0.6 is 0 Å². The van der Waals surface area contributed by atoms with Crippen molar-refractivity contribution in [2.24, 2.45) is 0 Å². The van der Waals surface area contributed by atoms with Crippen molar-refractivity contribution in [3.63, 3.8) is 0 Å². The number of carbonyl (C=O) groups excluding carboxylic acids is 1. The molecular formula is C21H16F2N4O2. The molecule has 3 heterocycles. The van der Waals surface area contributed by atoms with E-state index in [-0.39, 0.29) is 30.4 Å². The monoisotopic (exact) mass is 394 g/mol. The third kappa shape index (κ3) is 3.26. The van der Waals surface area contributed by atoms with Crippen LogP contribution in [0.5, 0.6) is 0 Å². The number of hydrogen-bond acceptors (Lipinski definition) is 4. The summed E-state index contributed by atoms with van der Waals surface area (Å²) in [5.74, 6) is -0.846. The molecule has 1 aliphatic heterocycles. The SMILES string of the molecule is O=C1CC(c2noc(-c3ccc4cc[nH]c4c3)n2)CN1Cc1ccc(F)cc1F. The predicted molar refractivity (Wildman–Crippen MR) is 101 cm³/mol. The van der Waals surface area contributed by atoms with Crippen LogP contribution < -0.4 is 0 Å². The number of carbonyl (C=O) groups is 1. The maximum absolute atomic E-state index is 13.9. The molecule has 29 heavy (non-hydrogen) atoms. The molecule has 0 bridgehead atoms. The van der Waals surface area contributed by atoms with Crippen LogP contribution in [-0.4, -0.2) is 32.5 Å². The van der Waals surface area contributed by atoms with E-state index in [1.54, 1.807) is 0 Å². The second kappa shape index (κ2) is 6.80. The van der Waals surface area contributed by atoms with E-state index in [0.29, 0.717) is 18.3 Å². The third-order valence-electron chi connectivity index (χ3n) is 5.20. The molecule has 1 atom stereocenters. The van der Waals surface area contributed by atoms with Crippen molar-refractivity contribution in [2.75, 3.05) is 6.54 Å². The highest BCUT2D eigenvalue weighted by Crippen LogP contribution is 2.30. The lowest BCUT2D eigenvalue weighted by molar-refractivity contribution is -0.128. The van der Waals surface area contributed by atoms with E-state index in [1.165, 1.54) is 17.0 Å². The normalized spacial score (nSPS) is 16.8. The highest BCUT2D eigenvalue weighted by molar-refractivity contribution is 5.83. The number of nitrogens with zero attached hydrogens (tertiary/aromatic N) is 3. The zero-order valence-electron chi connectivity index (χ0n) is 15.2. The Kier molecular flexibility index (Phi) is 4.12. The number of likely N-dealkylation sites (tertiary alicyclic amines) is 1. The number of hydrogen-bond donors (Lipinski definition) is 1. The lowest BCUT2D eigenvalue weighted by Crippen LogP contribution is -2.25. The minimum Gasteiger partial charge on any atom is -0.361 e. The van der Waals surface area contributed by atoms with E-state index in [1.807, 2.05) is 30.5 Å². The fourth-order valence-corrected chi connectivity index (χ4v) is 3.65. The summed E-state index contributed by atoms with van der Waals surface area (Å²) in [7, 11) is 0. The van der Waals surface area contributed by atoms with Crippen LogP contribution in [0.25, 0.3) is 22.4 Å². The van der Waals surface area contributed by atoms with Gasteiger partial charge in [0.05, 0.1) is 0 Å². The summed E-state index contributed by atoms with van der Waals surface area (Å²) in [5, 5.41) is 5.13. The molecule has 4 aromatic rings. The van der Waals surface area contributed by atoms with E-state index in [9.17, 15) is 13.6 Å². The molecule has 1 fully saturated rings. The minimum atomic E-state index is -0.664. The first-order valence-electron chi connectivity index (χ1n) is 9.19. The highest BCUT2D eigenvalue weighted by atomic mass is 19.1. The summed E-state index contributed by atoms with van der Waals surface area (Å²) in [6.07, 6.45) is 2.08. The third-order valence-corrected chi connectivity index (χ3v) is 5.20. The number of amides is 1. The van der Waals surface area contributed by atoms with Crippen LogP contribution in [0, 0.1) is 11.6 Å². The fourth-order valence-electron chi connectivity index (χ4n) is 3.65. The second-order valence-electron chi connectivity index (χ2n) is 7.15. The number of fused-ring (bicyclic) bond motifs is 1. The maximum atomic E-state index is 13.9. The van der Waals surface area contributed by atoms with Gasteiger partial charge in [0.1, 0.15) is 11.6 Å². The largest absolute Gasteiger partial charge is 0.361 e. The number of H-pyrrole nitrogens is 1. The smallest absolute Gasteiger partial charge is 0.258 e. The average Bonchev–Trinajstić information content (AvgIpc) is 3.43. The predicted octanol–water partition coefficient (Wildman–Crippen LogP) is 4.01. The highest BCUT2D eigenvalue weighted by Gasteiger charge is 2.34. The maximum Gasteiger partial charge on any atom is 0.258 e. The summed E-state index contributed by atoms with van der Waals surface area (Å²) < 4.78 is 32.4. The molecule has 1 N–H and O–H groups in total. The van der Waals surface area contributed by atoms with E-state index in [2.05, 4.69) is 15.1 Å². The van der Waals surface area contributed by atoms with Crippen molar-refractivity contribution >= 4 is 16.8 Å². The molecule has 1 saturated heterocycles. The van der Waals surface area contributed by atoms with Crippen molar-refractivity contribution in [1.29, 1.82) is 0 Å². The van der Waals surface area contributed by atoms with Crippen LogP contribution in [0.1, 0.15) is 23.7 Å². The zero-order valence-corrected chi connectivity index (χ0v) is 15.2. The van der Waals surface area contributed by atoms with Crippen molar-refractivity contribution in [2.45, 2.75) is 18.9 Å². The number of nitrogens with one attached hydrogen (secondary N) is 1. The van der Waals surface area contributed by atoms with Gasteiger partial charge in [0.15, 0.2) is 5.82 Å². The van der Waals surface area contributed by atoms with Crippen molar-refractivity contribution in [3.8, 4) is 11.5 Å². The van der Waals surface area contributed by atoms with Crippen molar-refractivity contribution in [1.82, 2.24) is 20.0 Å². The van der Waals surface area contributed by atoms with Crippen LogP contribution in [0.3, 0.4) is 0 Å². The molecule has 1 aliphatic rings. The van der Waals surface area contributed by atoms with Crippen LogP contribution in [-0.2, 0) is 11.3 Å². The summed E-state index contributed by atoms with van der Waals surface area (Å²) in [4.78, 5) is 21.5. The van der Waals surface area contributed by atoms with Crippen molar-refractivity contribution in [3.05, 3.63) is 71.7 Å². The first-order valence-corrected chi connectivity index (χ1v) is 9.19. The number of benzene rings is 2. The van der Waals surface area contributed by atoms with E-state index in [0.717, 1.165) is 22.5 Å². The van der Waals surface area contributed by atoms with Gasteiger partial charge in [0.2, 0.25) is 5.91 Å². The van der Waals surface area contributed by atoms with Crippen LogP contribution in [0.15, 0.2) is 53.2 Å². The van der Waals surface area contributed by atoms with Gasteiger partial charge >= 0.3 is 0 Å². The number of rotatable bonds is 4. The first-order chi connectivity index (χ1) is 14.1. The van der Waals surface area contributed by atoms with Gasteiger partial charge in [-0.2, -0.15) is 4.98 Å². The molecular weight excluding hydrogens is 378 g/mol. The number of aromatic amines is 1. The molecule has 0 spiro atoms. The molecule has 5 rings (SSSR count). The molecule has 1 unspecified atom stereocenters. The zero-order chi connectivity index (χ0) is 20.0. The summed E-state index contributed by atoms with van der Waals surface area (Å²) in [6.45, 7) is 0.430. The Labute approximate surface area is 164 Å². The van der Waals surface area contributed by atoms with Gasteiger partial charge in [-0.15, -0.1) is 0 Å². The lowest BCUT2D eigenvalue weighted by Gasteiger charge is -2.16. The Morgan fingerprint density at radius 3 is 2.93 bits per heavy atom. The van der Waals surface area contributed by atoms with Gasteiger partial charge in [-0.3, -0.25) is 4.79 Å². The van der Waals surface area contributed by atoms with Crippen LogP contribution in [0.4, 0.5) is 8.78 Å². The van der Waals surface area contributed by atoms with Gasteiger partial charge in [-0.1, -0.05) is 17.3 Å². The molecule has 6 nitrogen and oxygen atoms in total.